The zero-order chi connectivity index (χ0) is 13.9. The van der Waals surface area contributed by atoms with E-state index >= 15 is 0 Å². The Kier molecular flexibility index (Phi) is 7.62. The third-order valence-electron chi connectivity index (χ3n) is 2.57. The van der Waals surface area contributed by atoms with Crippen molar-refractivity contribution in [3.63, 3.8) is 0 Å². The summed E-state index contributed by atoms with van der Waals surface area (Å²) in [5.74, 6) is 0.481. The summed E-state index contributed by atoms with van der Waals surface area (Å²) in [6.07, 6.45) is 0.898. The number of para-hydroxylation sites is 1. The van der Waals surface area contributed by atoms with Crippen LogP contribution in [0.5, 0.6) is 5.75 Å². The van der Waals surface area contributed by atoms with Crippen LogP contribution in [0.25, 0.3) is 0 Å². The molecular formula is C14H22N2O3. The molecule has 0 aliphatic carbocycles. The van der Waals surface area contributed by atoms with Gasteiger partial charge in [0.1, 0.15) is 12.4 Å². The highest BCUT2D eigenvalue weighted by Gasteiger charge is 2.11. The molecule has 0 aliphatic rings. The minimum atomic E-state index is -0.107. The number of hydrogen-bond acceptors (Lipinski definition) is 4. The quantitative estimate of drug-likeness (QED) is 0.656. The van der Waals surface area contributed by atoms with Gasteiger partial charge in [0.25, 0.3) is 5.91 Å². The summed E-state index contributed by atoms with van der Waals surface area (Å²) in [6.45, 7) is 2.46. The minimum absolute atomic E-state index is 0.107. The van der Waals surface area contributed by atoms with Gasteiger partial charge in [-0.25, -0.2) is 0 Å². The Morgan fingerprint density at radius 1 is 1.21 bits per heavy atom. The maximum Gasteiger partial charge on any atom is 0.255 e. The fourth-order valence-electron chi connectivity index (χ4n) is 1.58. The molecule has 106 valence electrons. The molecule has 0 aliphatic heterocycles. The van der Waals surface area contributed by atoms with Crippen molar-refractivity contribution in [2.45, 2.75) is 6.42 Å². The Labute approximate surface area is 114 Å². The average Bonchev–Trinajstić information content (AvgIpc) is 2.44. The number of carbonyl (C=O) groups excluding carboxylic acids is 1. The molecule has 2 N–H and O–H groups in total. The lowest BCUT2D eigenvalue weighted by Crippen LogP contribution is -2.27. The fraction of sp³-hybridized carbons (Fsp3) is 0.500. The van der Waals surface area contributed by atoms with Crippen molar-refractivity contribution in [2.24, 2.45) is 0 Å². The number of amides is 1. The molecule has 1 aromatic rings. The summed E-state index contributed by atoms with van der Waals surface area (Å²) in [5, 5.41) is 5.91. The molecule has 1 amide bonds. The molecule has 0 aromatic heterocycles. The predicted octanol–water partition coefficient (Wildman–Crippen LogP) is 1.05. The van der Waals surface area contributed by atoms with Gasteiger partial charge in [-0.2, -0.15) is 0 Å². The minimum Gasteiger partial charge on any atom is -0.490 e. The number of ether oxygens (including phenoxy) is 2. The SMILES string of the molecule is CNCCCNC(=O)c1ccccc1OCCOC. The number of nitrogens with one attached hydrogen (secondary N) is 2. The van der Waals surface area contributed by atoms with Gasteiger partial charge in [0.05, 0.1) is 12.2 Å². The first-order valence-electron chi connectivity index (χ1n) is 6.43. The first-order chi connectivity index (χ1) is 9.29. The number of rotatable bonds is 9. The summed E-state index contributed by atoms with van der Waals surface area (Å²) in [6, 6.07) is 7.22. The second-order valence-corrected chi connectivity index (χ2v) is 4.05. The number of carbonyl (C=O) groups is 1. The smallest absolute Gasteiger partial charge is 0.255 e. The highest BCUT2D eigenvalue weighted by molar-refractivity contribution is 5.96. The molecule has 0 atom stereocenters. The summed E-state index contributed by atoms with van der Waals surface area (Å²) in [4.78, 5) is 12.0. The lowest BCUT2D eigenvalue weighted by atomic mass is 10.2. The third kappa shape index (κ3) is 5.72. The van der Waals surface area contributed by atoms with Gasteiger partial charge in [-0.15, -0.1) is 0 Å². The molecule has 0 bridgehead atoms. The van der Waals surface area contributed by atoms with E-state index in [1.165, 1.54) is 0 Å². The van der Waals surface area contributed by atoms with Crippen LogP contribution in [0.15, 0.2) is 24.3 Å². The molecule has 19 heavy (non-hydrogen) atoms. The molecule has 1 rings (SSSR count). The maximum atomic E-state index is 12.0. The van der Waals surface area contributed by atoms with E-state index in [9.17, 15) is 4.79 Å². The number of benzene rings is 1. The van der Waals surface area contributed by atoms with Crippen LogP contribution in [0, 0.1) is 0 Å². The topological polar surface area (TPSA) is 59.6 Å². The predicted molar refractivity (Wildman–Crippen MR) is 74.7 cm³/mol. The van der Waals surface area contributed by atoms with Gasteiger partial charge in [0, 0.05) is 13.7 Å². The average molecular weight is 266 g/mol. The molecule has 0 heterocycles. The molecule has 5 nitrogen and oxygen atoms in total. The van der Waals surface area contributed by atoms with E-state index in [0.29, 0.717) is 31.1 Å². The Morgan fingerprint density at radius 3 is 2.74 bits per heavy atom. The number of methoxy groups -OCH3 is 1. The van der Waals surface area contributed by atoms with Crippen LogP contribution in [-0.4, -0.2) is 46.4 Å². The lowest BCUT2D eigenvalue weighted by molar-refractivity contribution is 0.0945. The fourth-order valence-corrected chi connectivity index (χ4v) is 1.58. The van der Waals surface area contributed by atoms with Crippen LogP contribution in [0.1, 0.15) is 16.8 Å². The van der Waals surface area contributed by atoms with E-state index in [1.807, 2.05) is 19.2 Å². The lowest BCUT2D eigenvalue weighted by Gasteiger charge is -2.11. The normalized spacial score (nSPS) is 10.2. The molecule has 5 heteroatoms. The van der Waals surface area contributed by atoms with Gasteiger partial charge in [-0.3, -0.25) is 4.79 Å². The van der Waals surface area contributed by atoms with Crippen molar-refractivity contribution in [3.05, 3.63) is 29.8 Å². The summed E-state index contributed by atoms with van der Waals surface area (Å²) >= 11 is 0. The first kappa shape index (κ1) is 15.5. The van der Waals surface area contributed by atoms with Crippen LogP contribution in [0.2, 0.25) is 0 Å². The van der Waals surface area contributed by atoms with Crippen LogP contribution >= 0.6 is 0 Å². The van der Waals surface area contributed by atoms with Crippen molar-refractivity contribution < 1.29 is 14.3 Å². The largest absolute Gasteiger partial charge is 0.490 e. The molecule has 0 saturated heterocycles. The van der Waals surface area contributed by atoms with Gasteiger partial charge in [0.15, 0.2) is 0 Å². The van der Waals surface area contributed by atoms with Crippen LogP contribution in [0.3, 0.4) is 0 Å². The van der Waals surface area contributed by atoms with Crippen LogP contribution in [0.4, 0.5) is 0 Å². The maximum absolute atomic E-state index is 12.0. The summed E-state index contributed by atoms with van der Waals surface area (Å²) in [7, 11) is 3.50. The standard InChI is InChI=1S/C14H22N2O3/c1-15-8-5-9-16-14(17)12-6-3-4-7-13(12)19-11-10-18-2/h3-4,6-7,15H,5,8-11H2,1-2H3,(H,16,17). The van der Waals surface area contributed by atoms with Gasteiger partial charge in [-0.05, 0) is 32.1 Å². The molecule has 0 spiro atoms. The zero-order valence-corrected chi connectivity index (χ0v) is 11.6. The Bertz CT molecular complexity index is 383. The Morgan fingerprint density at radius 2 is 2.00 bits per heavy atom. The van der Waals surface area contributed by atoms with E-state index in [1.54, 1.807) is 19.2 Å². The van der Waals surface area contributed by atoms with Crippen molar-refractivity contribution in [1.29, 1.82) is 0 Å². The molecule has 0 unspecified atom stereocenters. The van der Waals surface area contributed by atoms with E-state index < -0.39 is 0 Å². The van der Waals surface area contributed by atoms with E-state index in [-0.39, 0.29) is 5.91 Å². The Balaban J connectivity index is 2.52. The Hall–Kier alpha value is -1.59. The molecule has 0 fully saturated rings. The zero-order valence-electron chi connectivity index (χ0n) is 11.6. The highest BCUT2D eigenvalue weighted by atomic mass is 16.5. The molecular weight excluding hydrogens is 244 g/mol. The van der Waals surface area contributed by atoms with Gasteiger partial charge in [-0.1, -0.05) is 12.1 Å². The van der Waals surface area contributed by atoms with Crippen LogP contribution < -0.4 is 15.4 Å². The second kappa shape index (κ2) is 9.35. The van der Waals surface area contributed by atoms with E-state index in [2.05, 4.69) is 10.6 Å². The van der Waals surface area contributed by atoms with Crippen molar-refractivity contribution in [1.82, 2.24) is 10.6 Å². The van der Waals surface area contributed by atoms with Gasteiger partial charge < -0.3 is 20.1 Å². The third-order valence-corrected chi connectivity index (χ3v) is 2.57. The van der Waals surface area contributed by atoms with Crippen LogP contribution in [-0.2, 0) is 4.74 Å². The van der Waals surface area contributed by atoms with Crippen molar-refractivity contribution in [3.8, 4) is 5.75 Å². The van der Waals surface area contributed by atoms with E-state index in [0.717, 1.165) is 13.0 Å². The highest BCUT2D eigenvalue weighted by Crippen LogP contribution is 2.17. The summed E-state index contributed by atoms with van der Waals surface area (Å²) in [5.41, 5.74) is 0.558. The molecule has 1 aromatic carbocycles. The molecule has 0 saturated carbocycles. The second-order valence-electron chi connectivity index (χ2n) is 4.05. The first-order valence-corrected chi connectivity index (χ1v) is 6.43. The van der Waals surface area contributed by atoms with Gasteiger partial charge in [0.2, 0.25) is 0 Å². The van der Waals surface area contributed by atoms with Crippen molar-refractivity contribution in [2.75, 3.05) is 40.5 Å². The van der Waals surface area contributed by atoms with E-state index in [4.69, 9.17) is 9.47 Å². The van der Waals surface area contributed by atoms with Crippen molar-refractivity contribution >= 4 is 5.91 Å². The van der Waals surface area contributed by atoms with Gasteiger partial charge >= 0.3 is 0 Å². The number of hydrogen-bond donors (Lipinski definition) is 2. The monoisotopic (exact) mass is 266 g/mol. The molecule has 0 radical (unpaired) electrons. The summed E-state index contributed by atoms with van der Waals surface area (Å²) < 4.78 is 10.5.